The highest BCUT2D eigenvalue weighted by molar-refractivity contribution is 5.94. The monoisotopic (exact) mass is 261 g/mol. The van der Waals surface area contributed by atoms with Gasteiger partial charge in [0, 0.05) is 18.7 Å². The largest absolute Gasteiger partial charge is 0.490 e. The molecule has 1 aromatic rings. The Balaban J connectivity index is 1.82. The molecule has 2 rings (SSSR count). The van der Waals surface area contributed by atoms with E-state index in [1.54, 1.807) is 30.3 Å². The summed E-state index contributed by atoms with van der Waals surface area (Å²) in [5, 5.41) is 2.88. The number of carbonyl (C=O) groups excluding carboxylic acids is 1. The van der Waals surface area contributed by atoms with Crippen LogP contribution in [0.25, 0.3) is 0 Å². The van der Waals surface area contributed by atoms with Gasteiger partial charge in [-0.1, -0.05) is 12.7 Å². The fraction of sp³-hybridized carbons (Fsp3) is 0.400. The van der Waals surface area contributed by atoms with Crippen molar-refractivity contribution >= 4 is 5.91 Å². The molecular formula is C15H19NO3. The topological polar surface area (TPSA) is 47.6 Å². The minimum Gasteiger partial charge on any atom is -0.490 e. The molecule has 19 heavy (non-hydrogen) atoms. The van der Waals surface area contributed by atoms with Crippen LogP contribution in [0.15, 0.2) is 36.9 Å². The second-order valence-corrected chi connectivity index (χ2v) is 4.47. The highest BCUT2D eigenvalue weighted by Gasteiger charge is 2.16. The van der Waals surface area contributed by atoms with Crippen LogP contribution in [-0.2, 0) is 4.74 Å². The van der Waals surface area contributed by atoms with Crippen LogP contribution in [0.5, 0.6) is 5.75 Å². The number of carbonyl (C=O) groups is 1. The van der Waals surface area contributed by atoms with Crippen molar-refractivity contribution in [2.24, 2.45) is 0 Å². The van der Waals surface area contributed by atoms with E-state index in [0.29, 0.717) is 18.7 Å². The zero-order valence-corrected chi connectivity index (χ0v) is 10.9. The van der Waals surface area contributed by atoms with E-state index in [0.717, 1.165) is 25.2 Å². The molecule has 1 N–H and O–H groups in total. The molecular weight excluding hydrogens is 242 g/mol. The van der Waals surface area contributed by atoms with E-state index >= 15 is 0 Å². The Labute approximate surface area is 113 Å². The Hall–Kier alpha value is -1.81. The van der Waals surface area contributed by atoms with E-state index in [4.69, 9.17) is 9.47 Å². The maximum atomic E-state index is 11.9. The van der Waals surface area contributed by atoms with E-state index in [9.17, 15) is 4.79 Å². The fourth-order valence-corrected chi connectivity index (χ4v) is 1.97. The van der Waals surface area contributed by atoms with Crippen LogP contribution in [0, 0.1) is 0 Å². The van der Waals surface area contributed by atoms with E-state index in [-0.39, 0.29) is 12.0 Å². The van der Waals surface area contributed by atoms with Crippen molar-refractivity contribution in [3.8, 4) is 5.75 Å². The molecule has 1 amide bonds. The summed E-state index contributed by atoms with van der Waals surface area (Å²) in [6.45, 7) is 5.42. The average molecular weight is 261 g/mol. The van der Waals surface area contributed by atoms with Crippen molar-refractivity contribution in [2.75, 3.05) is 19.8 Å². The van der Waals surface area contributed by atoms with Gasteiger partial charge in [-0.05, 0) is 37.1 Å². The fourth-order valence-electron chi connectivity index (χ4n) is 1.97. The Bertz CT molecular complexity index is 422. The first-order valence-corrected chi connectivity index (χ1v) is 6.53. The summed E-state index contributed by atoms with van der Waals surface area (Å²) in [7, 11) is 0. The van der Waals surface area contributed by atoms with Gasteiger partial charge in [0.25, 0.3) is 5.91 Å². The molecule has 0 spiro atoms. The van der Waals surface area contributed by atoms with Gasteiger partial charge in [-0.25, -0.2) is 0 Å². The number of benzene rings is 1. The molecule has 1 aromatic carbocycles. The van der Waals surface area contributed by atoms with Crippen molar-refractivity contribution < 1.29 is 14.3 Å². The van der Waals surface area contributed by atoms with Crippen molar-refractivity contribution in [2.45, 2.75) is 18.9 Å². The molecule has 0 bridgehead atoms. The van der Waals surface area contributed by atoms with Gasteiger partial charge in [-0.2, -0.15) is 0 Å². The summed E-state index contributed by atoms with van der Waals surface area (Å²) in [5.41, 5.74) is 0.629. The molecule has 1 aliphatic heterocycles. The lowest BCUT2D eigenvalue weighted by Gasteiger charge is -2.11. The average Bonchev–Trinajstić information content (AvgIpc) is 2.96. The molecule has 1 aliphatic rings. The van der Waals surface area contributed by atoms with Gasteiger partial charge < -0.3 is 14.8 Å². The summed E-state index contributed by atoms with van der Waals surface area (Å²) in [4.78, 5) is 11.9. The zero-order valence-electron chi connectivity index (χ0n) is 10.9. The van der Waals surface area contributed by atoms with Crippen LogP contribution >= 0.6 is 0 Å². The second-order valence-electron chi connectivity index (χ2n) is 4.47. The summed E-state index contributed by atoms with van der Waals surface area (Å²) in [5.74, 6) is 0.654. The number of amides is 1. The van der Waals surface area contributed by atoms with Gasteiger partial charge in [-0.15, -0.1) is 0 Å². The van der Waals surface area contributed by atoms with Gasteiger partial charge in [-0.3, -0.25) is 4.79 Å². The van der Waals surface area contributed by atoms with E-state index in [1.165, 1.54) is 0 Å². The standard InChI is InChI=1S/C15H19NO3/c1-2-9-18-13-7-5-12(6-8-13)15(17)16-11-14-4-3-10-19-14/h2,5-8,14H,1,3-4,9-11H2,(H,16,17)/t14-/m0/s1. The third-order valence-electron chi connectivity index (χ3n) is 3.00. The number of hydrogen-bond acceptors (Lipinski definition) is 3. The predicted molar refractivity (Wildman–Crippen MR) is 73.4 cm³/mol. The predicted octanol–water partition coefficient (Wildman–Crippen LogP) is 2.16. The molecule has 1 heterocycles. The Morgan fingerprint density at radius 2 is 2.26 bits per heavy atom. The lowest BCUT2D eigenvalue weighted by molar-refractivity contribution is 0.0858. The van der Waals surface area contributed by atoms with E-state index in [1.807, 2.05) is 0 Å². The maximum Gasteiger partial charge on any atom is 0.251 e. The van der Waals surface area contributed by atoms with E-state index in [2.05, 4.69) is 11.9 Å². The molecule has 1 atom stereocenters. The molecule has 0 aromatic heterocycles. The van der Waals surface area contributed by atoms with Gasteiger partial charge in [0.2, 0.25) is 0 Å². The Morgan fingerprint density at radius 1 is 1.47 bits per heavy atom. The quantitative estimate of drug-likeness (QED) is 0.798. The Morgan fingerprint density at radius 3 is 2.89 bits per heavy atom. The third kappa shape index (κ3) is 4.10. The molecule has 1 fully saturated rings. The van der Waals surface area contributed by atoms with Gasteiger partial charge in [0.05, 0.1) is 6.10 Å². The number of hydrogen-bond donors (Lipinski definition) is 1. The molecule has 0 radical (unpaired) electrons. The van der Waals surface area contributed by atoms with Crippen LogP contribution in [0.2, 0.25) is 0 Å². The summed E-state index contributed by atoms with van der Waals surface area (Å²) >= 11 is 0. The highest BCUT2D eigenvalue weighted by Crippen LogP contribution is 2.13. The first kappa shape index (κ1) is 13.6. The van der Waals surface area contributed by atoms with Crippen LogP contribution in [0.3, 0.4) is 0 Å². The normalized spacial score (nSPS) is 18.0. The maximum absolute atomic E-state index is 11.9. The van der Waals surface area contributed by atoms with Crippen molar-refractivity contribution in [1.82, 2.24) is 5.32 Å². The lowest BCUT2D eigenvalue weighted by Crippen LogP contribution is -2.31. The molecule has 0 saturated carbocycles. The molecule has 4 nitrogen and oxygen atoms in total. The minimum atomic E-state index is -0.0780. The molecule has 4 heteroatoms. The second kappa shape index (κ2) is 6.95. The number of ether oxygens (including phenoxy) is 2. The third-order valence-corrected chi connectivity index (χ3v) is 3.00. The van der Waals surface area contributed by atoms with Crippen LogP contribution in [0.4, 0.5) is 0 Å². The smallest absolute Gasteiger partial charge is 0.251 e. The number of nitrogens with one attached hydrogen (secondary N) is 1. The number of rotatable bonds is 6. The molecule has 102 valence electrons. The van der Waals surface area contributed by atoms with Crippen molar-refractivity contribution in [1.29, 1.82) is 0 Å². The van der Waals surface area contributed by atoms with Crippen molar-refractivity contribution in [3.05, 3.63) is 42.5 Å². The molecule has 1 saturated heterocycles. The Kier molecular flexibility index (Phi) is 4.98. The van der Waals surface area contributed by atoms with Crippen molar-refractivity contribution in [3.63, 3.8) is 0 Å². The van der Waals surface area contributed by atoms with Crippen LogP contribution in [0.1, 0.15) is 23.2 Å². The molecule has 0 aliphatic carbocycles. The SMILES string of the molecule is C=CCOc1ccc(C(=O)NC[C@@H]2CCCO2)cc1. The molecule has 0 unspecified atom stereocenters. The summed E-state index contributed by atoms with van der Waals surface area (Å²) in [6, 6.07) is 7.07. The highest BCUT2D eigenvalue weighted by atomic mass is 16.5. The minimum absolute atomic E-state index is 0.0780. The van der Waals surface area contributed by atoms with Gasteiger partial charge in [0.15, 0.2) is 0 Å². The lowest BCUT2D eigenvalue weighted by atomic mass is 10.2. The first-order chi connectivity index (χ1) is 9.29. The van der Waals surface area contributed by atoms with Gasteiger partial charge in [0.1, 0.15) is 12.4 Å². The first-order valence-electron chi connectivity index (χ1n) is 6.53. The van der Waals surface area contributed by atoms with Crippen LogP contribution < -0.4 is 10.1 Å². The zero-order chi connectivity index (χ0) is 13.5. The van der Waals surface area contributed by atoms with Crippen LogP contribution in [-0.4, -0.2) is 31.8 Å². The van der Waals surface area contributed by atoms with Gasteiger partial charge >= 0.3 is 0 Å². The van der Waals surface area contributed by atoms with E-state index < -0.39 is 0 Å². The summed E-state index contributed by atoms with van der Waals surface area (Å²) < 4.78 is 10.8. The summed E-state index contributed by atoms with van der Waals surface area (Å²) in [6.07, 6.45) is 3.95.